The van der Waals surface area contributed by atoms with E-state index in [4.69, 9.17) is 0 Å². The number of benzene rings is 4. The quantitative estimate of drug-likeness (QED) is 0.130. The molecule has 0 atom stereocenters. The minimum absolute atomic E-state index is 0. The second-order valence-electron chi connectivity index (χ2n) is 12.7. The molecule has 0 unspecified atom stereocenters. The first kappa shape index (κ1) is 37.4. The Kier molecular flexibility index (Phi) is 13.6. The number of hydrogen-bond acceptors (Lipinski definition) is 0. The average Bonchev–Trinajstić information content (AvgIpc) is 3.59. The van der Waals surface area contributed by atoms with E-state index in [1.807, 2.05) is 0 Å². The van der Waals surface area contributed by atoms with Gasteiger partial charge in [0.05, 0.1) is 0 Å². The van der Waals surface area contributed by atoms with Gasteiger partial charge in [-0.3, -0.25) is 0 Å². The first-order valence-electron chi connectivity index (χ1n) is 14.8. The first-order chi connectivity index (χ1) is 20.0. The molecular weight excluding hydrogens is 624 g/mol. The molecule has 0 bridgehead atoms. The molecule has 6 rings (SSSR count). The summed E-state index contributed by atoms with van der Waals surface area (Å²) in [5.74, 6) is 0.573. The van der Waals surface area contributed by atoms with Crippen LogP contribution in [-0.4, -0.2) is 6.88 Å². The summed E-state index contributed by atoms with van der Waals surface area (Å²) in [7, 11) is 0. The Hall–Kier alpha value is -2.80. The molecule has 0 aromatic heterocycles. The van der Waals surface area contributed by atoms with Crippen molar-refractivity contribution in [2.75, 3.05) is 0 Å². The topological polar surface area (TPSA) is 0 Å². The fraction of sp³-hybridized carbons (Fsp3) is 0.238. The molecule has 0 spiro atoms. The minimum atomic E-state index is 0. The zero-order valence-corrected chi connectivity index (χ0v) is 31.9. The number of hydrogen-bond donors (Lipinski definition) is 0. The molecule has 0 saturated carbocycles. The molecule has 6 aromatic rings. The van der Waals surface area contributed by atoms with Crippen molar-refractivity contribution in [1.82, 2.24) is 0 Å². The Balaban J connectivity index is 0.000000283. The van der Waals surface area contributed by atoms with Crippen LogP contribution < -0.4 is 0 Å². The predicted molar refractivity (Wildman–Crippen MR) is 196 cm³/mol. The fourth-order valence-electron chi connectivity index (χ4n) is 5.57. The van der Waals surface area contributed by atoms with Gasteiger partial charge in [0, 0.05) is 0 Å². The van der Waals surface area contributed by atoms with Crippen LogP contribution in [0.3, 0.4) is 0 Å². The number of aryl methyl sites for hydroxylation is 3. The van der Waals surface area contributed by atoms with Crippen molar-refractivity contribution in [3.8, 4) is 22.3 Å². The molecule has 0 amide bonds. The summed E-state index contributed by atoms with van der Waals surface area (Å²) >= 11 is 1.36. The second-order valence-corrected chi connectivity index (χ2v) is 12.7. The molecule has 44 heavy (non-hydrogen) atoms. The van der Waals surface area contributed by atoms with Crippen molar-refractivity contribution >= 4 is 28.4 Å². The van der Waals surface area contributed by atoms with Crippen molar-refractivity contribution in [3.05, 3.63) is 146 Å². The number of fused-ring (bicyclic) bond motifs is 2. The van der Waals surface area contributed by atoms with Crippen molar-refractivity contribution in [2.45, 2.75) is 66.7 Å². The average molecular weight is 672 g/mol. The van der Waals surface area contributed by atoms with Gasteiger partial charge in [-0.1, -0.05) is 126 Å². The van der Waals surface area contributed by atoms with E-state index in [0.29, 0.717) is 5.92 Å². The van der Waals surface area contributed by atoms with Crippen LogP contribution in [0.15, 0.2) is 103 Å². The van der Waals surface area contributed by atoms with E-state index >= 15 is 0 Å². The third-order valence-corrected chi connectivity index (χ3v) is 8.11. The van der Waals surface area contributed by atoms with Crippen LogP contribution in [0.5, 0.6) is 0 Å². The summed E-state index contributed by atoms with van der Waals surface area (Å²) in [5.41, 5.74) is 12.3. The molecule has 2 radical (unpaired) electrons. The zero-order valence-electron chi connectivity index (χ0n) is 28.4. The van der Waals surface area contributed by atoms with Gasteiger partial charge in [0.15, 0.2) is 0 Å². The van der Waals surface area contributed by atoms with Gasteiger partial charge in [0.1, 0.15) is 0 Å². The Morgan fingerprint density at radius 2 is 1.23 bits per heavy atom. The number of rotatable bonds is 3. The molecule has 0 aliphatic heterocycles. The van der Waals surface area contributed by atoms with Gasteiger partial charge in [-0.05, 0) is 34.9 Å². The maximum atomic E-state index is 3.06. The molecule has 0 heterocycles. The summed E-state index contributed by atoms with van der Waals surface area (Å²) < 4.78 is 0. The first-order valence-corrected chi connectivity index (χ1v) is 19.0. The third kappa shape index (κ3) is 8.47. The van der Waals surface area contributed by atoms with Crippen LogP contribution in [0, 0.1) is 35.6 Å². The van der Waals surface area contributed by atoms with Crippen LogP contribution >= 0.6 is 0 Å². The predicted octanol–water partition coefficient (Wildman–Crippen LogP) is 12.3. The van der Waals surface area contributed by atoms with E-state index in [1.54, 1.807) is 0 Å². The van der Waals surface area contributed by atoms with Crippen molar-refractivity contribution in [1.29, 1.82) is 0 Å². The van der Waals surface area contributed by atoms with Gasteiger partial charge in [-0.2, -0.15) is 12.1 Å². The normalized spacial score (nSPS) is 10.7. The van der Waals surface area contributed by atoms with Crippen molar-refractivity contribution in [3.63, 3.8) is 0 Å². The van der Waals surface area contributed by atoms with Gasteiger partial charge < -0.3 is 14.9 Å². The van der Waals surface area contributed by atoms with E-state index < -0.39 is 0 Å². The van der Waals surface area contributed by atoms with Crippen LogP contribution in [-0.2, 0) is 28.8 Å². The molecule has 0 aliphatic carbocycles. The van der Waals surface area contributed by atoms with Crippen LogP contribution in [0.2, 0.25) is 0 Å². The SMILES string of the molecule is CC(C)c1cc2c(-c3ccc(C(C)(C)C)cc3)cccc2[cH-]1.Cc1ccc(-c2ccc(C)c3[cH-]c(C)cc23)cc1.[CH3-].[CH3-].[Si]=[Zr]. The molecule has 228 valence electrons. The molecule has 0 nitrogen and oxygen atoms in total. The van der Waals surface area contributed by atoms with E-state index in [-0.39, 0.29) is 20.3 Å². The van der Waals surface area contributed by atoms with Gasteiger partial charge in [-0.25, -0.2) is 0 Å². The van der Waals surface area contributed by atoms with Crippen LogP contribution in [0.4, 0.5) is 0 Å². The molecule has 0 N–H and O–H groups in total. The Bertz CT molecular complexity index is 1770. The van der Waals surface area contributed by atoms with Crippen molar-refractivity contribution in [2.24, 2.45) is 0 Å². The monoisotopic (exact) mass is 670 g/mol. The van der Waals surface area contributed by atoms with Gasteiger partial charge in [0.25, 0.3) is 0 Å². The van der Waals surface area contributed by atoms with Gasteiger partial charge in [0.2, 0.25) is 0 Å². The second kappa shape index (κ2) is 16.0. The van der Waals surface area contributed by atoms with E-state index in [1.165, 1.54) is 95.0 Å². The molecule has 0 fully saturated rings. The molecule has 6 aromatic carbocycles. The Morgan fingerprint density at radius 1 is 0.659 bits per heavy atom. The summed E-state index contributed by atoms with van der Waals surface area (Å²) in [6.07, 6.45) is 0. The van der Waals surface area contributed by atoms with E-state index in [2.05, 4.69) is 165 Å². The standard InChI is InChI=1S/C22H25.C18H17.2CH3.Si.Zr/c1-15(2)18-13-17-7-6-8-20(21(17)14-18)16-9-11-19(12-10-16)22(3,4)5;1-12-4-7-15(8-5-12)16-9-6-14(3)17-10-13(2)11-18(16)17;;;;/h6-15H,1-5H3;4-11H,1-3H3;2*1H3;;/q4*-1;;. The van der Waals surface area contributed by atoms with Gasteiger partial charge in [-0.15, -0.1) is 68.6 Å². The molecule has 2 heteroatoms. The van der Waals surface area contributed by atoms with Crippen LogP contribution in [0.1, 0.15) is 68.4 Å². The Labute approximate surface area is 284 Å². The summed E-state index contributed by atoms with van der Waals surface area (Å²) in [6, 6.07) is 38.2. The zero-order chi connectivity index (χ0) is 30.6. The summed E-state index contributed by atoms with van der Waals surface area (Å²) in [5, 5.41) is 5.47. The Morgan fingerprint density at radius 3 is 1.80 bits per heavy atom. The van der Waals surface area contributed by atoms with E-state index in [0.717, 1.165) is 0 Å². The van der Waals surface area contributed by atoms with E-state index in [9.17, 15) is 0 Å². The molecular formula is C42H48SiZr-4. The van der Waals surface area contributed by atoms with Crippen LogP contribution in [0.25, 0.3) is 43.8 Å². The molecule has 0 aliphatic rings. The molecule has 0 saturated heterocycles. The summed E-state index contributed by atoms with van der Waals surface area (Å²) in [6.45, 7) is 20.8. The third-order valence-electron chi connectivity index (χ3n) is 8.11. The fourth-order valence-corrected chi connectivity index (χ4v) is 5.57. The maximum absolute atomic E-state index is 3.06. The van der Waals surface area contributed by atoms with Crippen molar-refractivity contribution < 1.29 is 23.3 Å². The van der Waals surface area contributed by atoms with Gasteiger partial charge >= 0.3 is 30.2 Å². The summed E-state index contributed by atoms with van der Waals surface area (Å²) in [4.78, 5) is 0.